The average Bonchev–Trinajstić information content (AvgIpc) is 3.23. The highest BCUT2D eigenvalue weighted by molar-refractivity contribution is 5.34. The molecule has 1 saturated heterocycles. The molecule has 0 radical (unpaired) electrons. The Kier molecular flexibility index (Phi) is 2.73. The topological polar surface area (TPSA) is 64.3 Å². The van der Waals surface area contributed by atoms with E-state index in [1.54, 1.807) is 0 Å². The number of aromatic nitrogens is 3. The normalized spacial score (nSPS) is 22.3. The Balaban J connectivity index is 1.33. The van der Waals surface area contributed by atoms with Gasteiger partial charge in [0, 0.05) is 42.9 Å². The van der Waals surface area contributed by atoms with Crippen LogP contribution in [0.3, 0.4) is 0 Å². The Morgan fingerprint density at radius 3 is 2.83 bits per heavy atom. The molecule has 4 heterocycles. The van der Waals surface area contributed by atoms with Crippen molar-refractivity contribution in [1.82, 2.24) is 20.0 Å². The molecule has 0 bridgehead atoms. The maximum atomic E-state index is 6.13. The molecule has 2 fully saturated rings. The van der Waals surface area contributed by atoms with Gasteiger partial charge < -0.3 is 9.26 Å². The fourth-order valence-electron chi connectivity index (χ4n) is 3.75. The van der Waals surface area contributed by atoms with Crippen LogP contribution in [0.4, 0.5) is 0 Å². The van der Waals surface area contributed by atoms with E-state index in [0.29, 0.717) is 12.5 Å². The van der Waals surface area contributed by atoms with Gasteiger partial charge >= 0.3 is 0 Å². The van der Waals surface area contributed by atoms with Crippen molar-refractivity contribution in [1.29, 1.82) is 0 Å². The van der Waals surface area contributed by atoms with Gasteiger partial charge in [-0.05, 0) is 26.7 Å². The van der Waals surface area contributed by atoms with Crippen LogP contribution in [0.5, 0.6) is 0 Å². The molecular weight excluding hydrogens is 292 g/mol. The maximum absolute atomic E-state index is 6.13. The van der Waals surface area contributed by atoms with Gasteiger partial charge in [-0.1, -0.05) is 5.16 Å². The largest absolute Gasteiger partial charge is 0.361 e. The molecule has 2 aliphatic heterocycles. The van der Waals surface area contributed by atoms with E-state index < -0.39 is 0 Å². The molecule has 0 N–H and O–H groups in total. The smallest absolute Gasteiger partial charge is 0.138 e. The van der Waals surface area contributed by atoms with Crippen molar-refractivity contribution < 1.29 is 9.26 Å². The Labute approximate surface area is 134 Å². The van der Waals surface area contributed by atoms with Crippen LogP contribution < -0.4 is 0 Å². The molecule has 2 aromatic heterocycles. The second kappa shape index (κ2) is 4.61. The summed E-state index contributed by atoms with van der Waals surface area (Å²) in [6.45, 7) is 7.22. The van der Waals surface area contributed by atoms with E-state index in [1.165, 1.54) is 24.0 Å². The summed E-state index contributed by atoms with van der Waals surface area (Å²) in [6.07, 6.45) is 4.47. The number of hydrogen-bond donors (Lipinski definition) is 0. The Bertz CT molecular complexity index is 755. The number of aryl methyl sites for hydroxylation is 2. The minimum Gasteiger partial charge on any atom is -0.361 e. The molecule has 1 aliphatic carbocycles. The van der Waals surface area contributed by atoms with Gasteiger partial charge in [0.15, 0.2) is 0 Å². The molecule has 0 atom stereocenters. The van der Waals surface area contributed by atoms with Crippen molar-refractivity contribution in [2.75, 3.05) is 13.1 Å². The third-order valence-corrected chi connectivity index (χ3v) is 5.33. The van der Waals surface area contributed by atoms with Crippen LogP contribution in [0.25, 0.3) is 0 Å². The van der Waals surface area contributed by atoms with Crippen LogP contribution in [0.1, 0.15) is 52.9 Å². The van der Waals surface area contributed by atoms with Crippen molar-refractivity contribution >= 4 is 0 Å². The third-order valence-electron chi connectivity index (χ3n) is 5.33. The highest BCUT2D eigenvalue weighted by Crippen LogP contribution is 2.45. The molecule has 6 heteroatoms. The predicted octanol–water partition coefficient (Wildman–Crippen LogP) is 2.20. The van der Waals surface area contributed by atoms with Gasteiger partial charge in [0.05, 0.1) is 18.0 Å². The van der Waals surface area contributed by atoms with Gasteiger partial charge in [0.1, 0.15) is 17.2 Å². The molecule has 0 aromatic carbocycles. The highest BCUT2D eigenvalue weighted by Gasteiger charge is 2.51. The minimum absolute atomic E-state index is 0.198. The summed E-state index contributed by atoms with van der Waals surface area (Å²) >= 11 is 0. The molecule has 1 spiro atoms. The molecule has 1 saturated carbocycles. The van der Waals surface area contributed by atoms with Crippen LogP contribution in [0.2, 0.25) is 0 Å². The minimum atomic E-state index is -0.198. The summed E-state index contributed by atoms with van der Waals surface area (Å²) < 4.78 is 11.4. The number of nitrogens with zero attached hydrogens (tertiary/aromatic N) is 4. The van der Waals surface area contributed by atoms with Gasteiger partial charge in [-0.3, -0.25) is 4.90 Å². The summed E-state index contributed by atoms with van der Waals surface area (Å²) in [4.78, 5) is 11.7. The number of rotatable bonds is 3. The van der Waals surface area contributed by atoms with E-state index in [0.717, 1.165) is 42.6 Å². The lowest BCUT2D eigenvalue weighted by Crippen LogP contribution is -2.58. The fourth-order valence-corrected chi connectivity index (χ4v) is 3.75. The van der Waals surface area contributed by atoms with E-state index in [1.807, 2.05) is 20.0 Å². The lowest BCUT2D eigenvalue weighted by atomic mass is 9.87. The Morgan fingerprint density at radius 2 is 2.13 bits per heavy atom. The average molecular weight is 312 g/mol. The fraction of sp³-hybridized carbons (Fsp3) is 0.588. The van der Waals surface area contributed by atoms with Crippen molar-refractivity contribution in [2.24, 2.45) is 0 Å². The summed E-state index contributed by atoms with van der Waals surface area (Å²) in [6, 6.07) is 0. The summed E-state index contributed by atoms with van der Waals surface area (Å²) in [5.41, 5.74) is 4.26. The van der Waals surface area contributed by atoms with Crippen molar-refractivity contribution in [3.8, 4) is 0 Å². The maximum Gasteiger partial charge on any atom is 0.138 e. The molecule has 3 aliphatic rings. The highest BCUT2D eigenvalue weighted by atomic mass is 16.5. The van der Waals surface area contributed by atoms with Crippen LogP contribution in [-0.4, -0.2) is 33.1 Å². The second-order valence-electron chi connectivity index (χ2n) is 7.09. The standard InChI is InChI=1S/C17H20N4O2/c1-10-13(11(2)23-20-10)6-21-8-17(9-21)14-5-18-16(12-3-4-12)19-15(14)7-22-17/h5,12H,3-4,6-9H2,1-2H3. The first-order valence-electron chi connectivity index (χ1n) is 8.29. The van der Waals surface area contributed by atoms with Gasteiger partial charge in [0.25, 0.3) is 0 Å². The zero-order valence-corrected chi connectivity index (χ0v) is 13.5. The van der Waals surface area contributed by atoms with Crippen LogP contribution in [-0.2, 0) is 23.5 Å². The third kappa shape index (κ3) is 2.05. The van der Waals surface area contributed by atoms with Gasteiger partial charge in [-0.15, -0.1) is 0 Å². The van der Waals surface area contributed by atoms with Crippen molar-refractivity contribution in [3.05, 3.63) is 40.3 Å². The molecule has 23 heavy (non-hydrogen) atoms. The van der Waals surface area contributed by atoms with Crippen LogP contribution >= 0.6 is 0 Å². The predicted molar refractivity (Wildman–Crippen MR) is 81.7 cm³/mol. The number of likely N-dealkylation sites (tertiary alicyclic amines) is 1. The Hall–Kier alpha value is -1.79. The van der Waals surface area contributed by atoms with Gasteiger partial charge in [0.2, 0.25) is 0 Å². The summed E-state index contributed by atoms with van der Waals surface area (Å²) in [5, 5.41) is 4.03. The molecule has 2 aromatic rings. The SMILES string of the molecule is Cc1noc(C)c1CN1CC2(C1)OCc1nc(C3CC3)ncc12. The first-order valence-corrected chi connectivity index (χ1v) is 8.29. The molecule has 0 amide bonds. The van der Waals surface area contributed by atoms with E-state index in [9.17, 15) is 0 Å². The zero-order chi connectivity index (χ0) is 15.6. The zero-order valence-electron chi connectivity index (χ0n) is 13.5. The lowest BCUT2D eigenvalue weighted by Gasteiger charge is -2.47. The quantitative estimate of drug-likeness (QED) is 0.866. The first kappa shape index (κ1) is 13.6. The number of hydrogen-bond acceptors (Lipinski definition) is 6. The molecule has 6 nitrogen and oxygen atoms in total. The van der Waals surface area contributed by atoms with Gasteiger partial charge in [-0.2, -0.15) is 0 Å². The molecule has 5 rings (SSSR count). The van der Waals surface area contributed by atoms with Crippen LogP contribution in [0.15, 0.2) is 10.7 Å². The van der Waals surface area contributed by atoms with E-state index >= 15 is 0 Å². The van der Waals surface area contributed by atoms with Crippen LogP contribution in [0, 0.1) is 13.8 Å². The number of ether oxygens (including phenoxy) is 1. The summed E-state index contributed by atoms with van der Waals surface area (Å²) in [5.74, 6) is 2.51. The van der Waals surface area contributed by atoms with E-state index in [2.05, 4.69) is 15.0 Å². The number of fused-ring (bicyclic) bond motifs is 2. The summed E-state index contributed by atoms with van der Waals surface area (Å²) in [7, 11) is 0. The molecule has 0 unspecified atom stereocenters. The first-order chi connectivity index (χ1) is 11.1. The van der Waals surface area contributed by atoms with Crippen molar-refractivity contribution in [2.45, 2.75) is 51.4 Å². The molecule has 120 valence electrons. The lowest BCUT2D eigenvalue weighted by molar-refractivity contribution is -0.145. The van der Waals surface area contributed by atoms with E-state index in [-0.39, 0.29) is 5.60 Å². The second-order valence-corrected chi connectivity index (χ2v) is 7.09. The Morgan fingerprint density at radius 1 is 1.30 bits per heavy atom. The van der Waals surface area contributed by atoms with Gasteiger partial charge in [-0.25, -0.2) is 9.97 Å². The monoisotopic (exact) mass is 312 g/mol. The van der Waals surface area contributed by atoms with E-state index in [4.69, 9.17) is 14.2 Å². The molecular formula is C17H20N4O2. The van der Waals surface area contributed by atoms with Crippen molar-refractivity contribution in [3.63, 3.8) is 0 Å².